The quantitative estimate of drug-likeness (QED) is 0.399. The minimum Gasteiger partial charge on any atom is -0.493 e. The molecular weight excluding hydrogens is 480 g/mol. The molecule has 0 radical (unpaired) electrons. The second-order valence-electron chi connectivity index (χ2n) is 8.17. The van der Waals surface area contributed by atoms with E-state index in [4.69, 9.17) is 24.1 Å². The first-order valence-corrected chi connectivity index (χ1v) is 11.5. The molecule has 1 heterocycles. The predicted molar refractivity (Wildman–Crippen MR) is 133 cm³/mol. The van der Waals surface area contributed by atoms with Crippen LogP contribution in [-0.4, -0.2) is 54.8 Å². The predicted octanol–water partition coefficient (Wildman–Crippen LogP) is 4.08. The van der Waals surface area contributed by atoms with Crippen molar-refractivity contribution in [2.75, 3.05) is 32.2 Å². The van der Waals surface area contributed by atoms with Gasteiger partial charge in [-0.1, -0.05) is 24.3 Å². The summed E-state index contributed by atoms with van der Waals surface area (Å²) in [5.41, 5.74) is 1.63. The average molecular weight is 507 g/mol. The summed E-state index contributed by atoms with van der Waals surface area (Å²) in [7, 11) is 1.48. The van der Waals surface area contributed by atoms with Crippen molar-refractivity contribution in [2.45, 2.75) is 13.0 Å². The van der Waals surface area contributed by atoms with Crippen LogP contribution in [0.2, 0.25) is 0 Å². The zero-order valence-corrected chi connectivity index (χ0v) is 20.1. The van der Waals surface area contributed by atoms with Crippen LogP contribution < -0.4 is 19.5 Å². The Bertz CT molecular complexity index is 1280. The van der Waals surface area contributed by atoms with Gasteiger partial charge in [-0.2, -0.15) is 0 Å². The van der Waals surface area contributed by atoms with Gasteiger partial charge in [0.05, 0.1) is 26.6 Å². The van der Waals surface area contributed by atoms with E-state index >= 15 is 0 Å². The van der Waals surface area contributed by atoms with E-state index in [9.17, 15) is 14.4 Å². The largest absolute Gasteiger partial charge is 0.493 e. The van der Waals surface area contributed by atoms with Crippen molar-refractivity contribution in [3.8, 4) is 23.0 Å². The van der Waals surface area contributed by atoms with E-state index < -0.39 is 12.1 Å². The molecule has 4 rings (SSSR count). The van der Waals surface area contributed by atoms with Gasteiger partial charge in [0.25, 0.3) is 5.91 Å². The number of methoxy groups -OCH3 is 1. The normalized spacial score (nSPS) is 12.6. The Labute approximate surface area is 213 Å². The van der Waals surface area contributed by atoms with E-state index in [1.807, 2.05) is 18.2 Å². The maximum atomic E-state index is 12.5. The number of carboxylic acids is 1. The summed E-state index contributed by atoms with van der Waals surface area (Å²) >= 11 is 0. The Balaban J connectivity index is 1.55. The van der Waals surface area contributed by atoms with Crippen LogP contribution in [0.25, 0.3) is 0 Å². The molecule has 3 aromatic carbocycles. The second kappa shape index (κ2) is 11.8. The highest BCUT2D eigenvalue weighted by atomic mass is 16.6. The number of amides is 2. The van der Waals surface area contributed by atoms with Gasteiger partial charge in [-0.15, -0.1) is 0 Å². The molecule has 0 spiro atoms. The molecule has 0 bridgehead atoms. The fourth-order valence-corrected chi connectivity index (χ4v) is 3.72. The van der Waals surface area contributed by atoms with Gasteiger partial charge in [-0.3, -0.25) is 9.59 Å². The van der Waals surface area contributed by atoms with Crippen molar-refractivity contribution in [1.82, 2.24) is 4.90 Å². The van der Waals surface area contributed by atoms with Crippen molar-refractivity contribution in [3.63, 3.8) is 0 Å². The van der Waals surface area contributed by atoms with E-state index in [0.29, 0.717) is 46.4 Å². The number of carbonyl (C=O) groups is 3. The summed E-state index contributed by atoms with van der Waals surface area (Å²) in [5.74, 6) is 0.390. The number of benzene rings is 3. The number of nitrogens with zero attached hydrogens (tertiary/aromatic N) is 1. The number of rotatable bonds is 11. The van der Waals surface area contributed by atoms with E-state index in [2.05, 4.69) is 5.32 Å². The Hall–Kier alpha value is -4.73. The lowest BCUT2D eigenvalue weighted by Gasteiger charge is -2.19. The van der Waals surface area contributed by atoms with Gasteiger partial charge in [-0.25, -0.2) is 4.79 Å². The molecule has 192 valence electrons. The molecule has 1 fully saturated rings. The molecule has 10 heteroatoms. The van der Waals surface area contributed by atoms with Crippen molar-refractivity contribution >= 4 is 23.7 Å². The smallest absolute Gasteiger partial charge is 0.410 e. The van der Waals surface area contributed by atoms with Crippen molar-refractivity contribution < 1.29 is 38.4 Å². The maximum absolute atomic E-state index is 12.5. The van der Waals surface area contributed by atoms with Gasteiger partial charge in [0.2, 0.25) is 0 Å². The number of anilines is 1. The number of carbonyl (C=O) groups excluding carboxylic acids is 2. The summed E-state index contributed by atoms with van der Waals surface area (Å²) in [6.07, 6.45) is -0.624. The number of hydrogen-bond acceptors (Lipinski definition) is 7. The molecule has 1 aliphatic rings. The molecule has 0 unspecified atom stereocenters. The average Bonchev–Trinajstić information content (AvgIpc) is 3.29. The van der Waals surface area contributed by atoms with Crippen LogP contribution in [0, 0.1) is 0 Å². The first-order chi connectivity index (χ1) is 17.9. The van der Waals surface area contributed by atoms with E-state index in [1.165, 1.54) is 12.0 Å². The fourth-order valence-electron chi connectivity index (χ4n) is 3.72. The van der Waals surface area contributed by atoms with Crippen molar-refractivity contribution in [2.24, 2.45) is 0 Å². The molecule has 0 aromatic heterocycles. The van der Waals surface area contributed by atoms with Crippen LogP contribution in [0.1, 0.15) is 11.1 Å². The Morgan fingerprint density at radius 3 is 2.51 bits per heavy atom. The van der Waals surface area contributed by atoms with Gasteiger partial charge < -0.3 is 34.3 Å². The monoisotopic (exact) mass is 506 g/mol. The lowest BCUT2D eigenvalue weighted by Crippen LogP contribution is -2.24. The highest BCUT2D eigenvalue weighted by Crippen LogP contribution is 2.36. The van der Waals surface area contributed by atoms with Gasteiger partial charge >= 0.3 is 12.1 Å². The van der Waals surface area contributed by atoms with E-state index in [1.54, 1.807) is 48.5 Å². The molecule has 1 saturated heterocycles. The molecule has 0 aliphatic carbocycles. The number of para-hydroxylation sites is 1. The minimum absolute atomic E-state index is 0.176. The Morgan fingerprint density at radius 1 is 1.03 bits per heavy atom. The van der Waals surface area contributed by atoms with Crippen LogP contribution in [0.3, 0.4) is 0 Å². The van der Waals surface area contributed by atoms with E-state index in [0.717, 1.165) is 0 Å². The number of cyclic esters (lactones) is 1. The molecular formula is C27H26N2O8. The third-order valence-electron chi connectivity index (χ3n) is 5.47. The van der Waals surface area contributed by atoms with E-state index in [-0.39, 0.29) is 32.1 Å². The minimum atomic E-state index is -0.972. The standard InChI is InChI=1S/C27H26N2O8/c1-34-23-9-7-18(14-26(31)32)13-24(23)37-22-10-8-20(15-19(22)16-29-11-12-35-27(29)33)28-25(30)17-36-21-5-3-2-4-6-21/h2-10,13,15H,11-12,14,16-17H2,1H3,(H,28,30)(H,31,32). The first kappa shape index (κ1) is 25.4. The maximum Gasteiger partial charge on any atom is 0.410 e. The SMILES string of the molecule is COc1ccc(CC(=O)O)cc1Oc1ccc(NC(=O)COc2ccccc2)cc1CN1CCOC1=O. The Morgan fingerprint density at radius 2 is 1.81 bits per heavy atom. The fraction of sp³-hybridized carbons (Fsp3) is 0.222. The van der Waals surface area contributed by atoms with Crippen LogP contribution >= 0.6 is 0 Å². The number of ether oxygens (including phenoxy) is 4. The second-order valence-corrected chi connectivity index (χ2v) is 8.17. The molecule has 2 amide bonds. The van der Waals surface area contributed by atoms with Crippen LogP contribution in [0.4, 0.5) is 10.5 Å². The molecule has 37 heavy (non-hydrogen) atoms. The molecule has 1 aliphatic heterocycles. The van der Waals surface area contributed by atoms with Crippen LogP contribution in [-0.2, 0) is 27.3 Å². The zero-order chi connectivity index (χ0) is 26.2. The third-order valence-corrected chi connectivity index (χ3v) is 5.47. The lowest BCUT2D eigenvalue weighted by molar-refractivity contribution is -0.136. The van der Waals surface area contributed by atoms with Crippen molar-refractivity contribution in [3.05, 3.63) is 77.9 Å². The Kier molecular flexibility index (Phi) is 8.09. The molecule has 10 nitrogen and oxygen atoms in total. The van der Waals surface area contributed by atoms with Crippen LogP contribution in [0.5, 0.6) is 23.0 Å². The summed E-state index contributed by atoms with van der Waals surface area (Å²) in [5, 5.41) is 11.9. The first-order valence-electron chi connectivity index (χ1n) is 11.5. The summed E-state index contributed by atoms with van der Waals surface area (Å²) < 4.78 is 22.0. The lowest BCUT2D eigenvalue weighted by atomic mass is 10.1. The zero-order valence-electron chi connectivity index (χ0n) is 20.1. The number of nitrogens with one attached hydrogen (secondary N) is 1. The topological polar surface area (TPSA) is 124 Å². The third kappa shape index (κ3) is 6.91. The highest BCUT2D eigenvalue weighted by molar-refractivity contribution is 5.92. The summed E-state index contributed by atoms with van der Waals surface area (Å²) in [4.78, 5) is 37.2. The van der Waals surface area contributed by atoms with Crippen LogP contribution in [0.15, 0.2) is 66.7 Å². The van der Waals surface area contributed by atoms with Gasteiger partial charge in [0.15, 0.2) is 18.1 Å². The molecule has 0 saturated carbocycles. The number of carboxylic acid groups (broad SMARTS) is 1. The van der Waals surface area contributed by atoms with Gasteiger partial charge in [-0.05, 0) is 48.0 Å². The number of hydrogen-bond donors (Lipinski definition) is 2. The summed E-state index contributed by atoms with van der Waals surface area (Å²) in [6.45, 7) is 0.698. The number of aliphatic carboxylic acids is 1. The van der Waals surface area contributed by atoms with Gasteiger partial charge in [0.1, 0.15) is 18.1 Å². The highest BCUT2D eigenvalue weighted by Gasteiger charge is 2.24. The van der Waals surface area contributed by atoms with Crippen molar-refractivity contribution in [1.29, 1.82) is 0 Å². The molecule has 3 aromatic rings. The molecule has 0 atom stereocenters. The van der Waals surface area contributed by atoms with Gasteiger partial charge in [0, 0.05) is 11.3 Å². The summed E-state index contributed by atoms with van der Waals surface area (Å²) in [6, 6.07) is 18.9. The molecule has 2 N–H and O–H groups in total.